The molecule has 1 aromatic carbocycles. The predicted molar refractivity (Wildman–Crippen MR) is 144 cm³/mol. The highest BCUT2D eigenvalue weighted by Gasteiger charge is 2.37. The molecule has 2 amide bonds. The highest BCUT2D eigenvalue weighted by atomic mass is 16.5. The smallest absolute Gasteiger partial charge is 0.272 e. The van der Waals surface area contributed by atoms with Gasteiger partial charge in [0.1, 0.15) is 17.6 Å². The predicted octanol–water partition coefficient (Wildman–Crippen LogP) is 4.47. The van der Waals surface area contributed by atoms with Crippen molar-refractivity contribution >= 4 is 17.5 Å². The number of carbonyl (C=O) groups is 2. The first-order valence-electron chi connectivity index (χ1n) is 14.1. The first-order chi connectivity index (χ1) is 17.9. The highest BCUT2D eigenvalue weighted by Crippen LogP contribution is 2.38. The third-order valence-electron chi connectivity index (χ3n) is 8.13. The summed E-state index contributed by atoms with van der Waals surface area (Å²) in [6.07, 6.45) is 7.26. The Labute approximate surface area is 220 Å². The van der Waals surface area contributed by atoms with E-state index in [4.69, 9.17) is 14.5 Å². The second-order valence-corrected chi connectivity index (χ2v) is 11.2. The van der Waals surface area contributed by atoms with Crippen LogP contribution in [0.2, 0.25) is 0 Å². The van der Waals surface area contributed by atoms with Crippen molar-refractivity contribution in [1.82, 2.24) is 9.80 Å². The number of rotatable bonds is 7. The van der Waals surface area contributed by atoms with Gasteiger partial charge in [0.2, 0.25) is 5.91 Å². The molecule has 200 valence electrons. The van der Waals surface area contributed by atoms with E-state index in [1.165, 1.54) is 16.7 Å². The molecule has 3 heterocycles. The van der Waals surface area contributed by atoms with E-state index < -0.39 is 0 Å². The number of amides is 2. The molecule has 1 aromatic rings. The largest absolute Gasteiger partial charge is 0.490 e. The molecule has 5 rings (SSSR count). The lowest BCUT2D eigenvalue weighted by molar-refractivity contribution is -0.136. The van der Waals surface area contributed by atoms with Gasteiger partial charge in [-0.05, 0) is 76.2 Å². The second-order valence-electron chi connectivity index (χ2n) is 11.2. The van der Waals surface area contributed by atoms with Crippen LogP contribution in [0.3, 0.4) is 0 Å². The molecule has 2 fully saturated rings. The van der Waals surface area contributed by atoms with Crippen LogP contribution in [0, 0.1) is 6.92 Å². The van der Waals surface area contributed by atoms with Gasteiger partial charge in [0.15, 0.2) is 0 Å². The van der Waals surface area contributed by atoms with Crippen molar-refractivity contribution in [2.75, 3.05) is 26.2 Å². The molecule has 0 aromatic heterocycles. The van der Waals surface area contributed by atoms with Gasteiger partial charge in [-0.2, -0.15) is 0 Å². The molecule has 0 bridgehead atoms. The molecule has 2 saturated heterocycles. The standard InChI is InChI=1S/C30H41N3O4/c1-20-10-12-23(13-11-20)37-24-14-16-32(17-15-24)28(34)9-5-8-27-25-6-4-7-26(25)29(31-27)30(35)33-18-21(2)36-22(3)19-33/h10-13,21-22,24,27H,4-9,14-19H2,1-3H3/t21-,22+,27?. The van der Waals surface area contributed by atoms with Crippen LogP contribution in [0.5, 0.6) is 5.75 Å². The number of benzene rings is 1. The van der Waals surface area contributed by atoms with Crippen LogP contribution in [0.1, 0.15) is 70.8 Å². The van der Waals surface area contributed by atoms with Crippen LogP contribution >= 0.6 is 0 Å². The number of hydrogen-bond donors (Lipinski definition) is 0. The number of nitrogens with zero attached hydrogens (tertiary/aromatic N) is 3. The Kier molecular flexibility index (Phi) is 7.98. The Balaban J connectivity index is 1.09. The third kappa shape index (κ3) is 6.08. The van der Waals surface area contributed by atoms with Crippen LogP contribution in [0.15, 0.2) is 40.4 Å². The number of likely N-dealkylation sites (tertiary alicyclic amines) is 1. The van der Waals surface area contributed by atoms with E-state index in [-0.39, 0.29) is 36.2 Å². The van der Waals surface area contributed by atoms with E-state index in [0.29, 0.717) is 25.2 Å². The Morgan fingerprint density at radius 1 is 1.03 bits per heavy atom. The molecule has 0 saturated carbocycles. The molecule has 1 aliphatic carbocycles. The fraction of sp³-hybridized carbons (Fsp3) is 0.633. The van der Waals surface area contributed by atoms with E-state index in [1.807, 2.05) is 35.8 Å². The number of hydrogen-bond acceptors (Lipinski definition) is 5. The van der Waals surface area contributed by atoms with Gasteiger partial charge in [-0.3, -0.25) is 14.6 Å². The Bertz CT molecular complexity index is 1050. The Morgan fingerprint density at radius 2 is 1.73 bits per heavy atom. The number of ether oxygens (including phenoxy) is 2. The van der Waals surface area contributed by atoms with Crippen LogP contribution < -0.4 is 4.74 Å². The normalized spacial score (nSPS) is 26.4. The summed E-state index contributed by atoms with van der Waals surface area (Å²) < 4.78 is 11.9. The average Bonchev–Trinajstić information content (AvgIpc) is 3.49. The quantitative estimate of drug-likeness (QED) is 0.546. The minimum absolute atomic E-state index is 0.0489. The molecule has 7 heteroatoms. The zero-order valence-electron chi connectivity index (χ0n) is 22.6. The third-order valence-corrected chi connectivity index (χ3v) is 8.13. The van der Waals surface area contributed by atoms with E-state index >= 15 is 0 Å². The fourth-order valence-electron chi connectivity index (χ4n) is 6.27. The van der Waals surface area contributed by atoms with Crippen molar-refractivity contribution in [2.24, 2.45) is 4.99 Å². The van der Waals surface area contributed by atoms with Gasteiger partial charge < -0.3 is 19.3 Å². The SMILES string of the molecule is Cc1ccc(OC2CCN(C(=O)CCCC3N=C(C(=O)N4C[C@@H](C)O[C@@H](C)C4)C4=C3CCC4)CC2)cc1. The molecular formula is C30H41N3O4. The summed E-state index contributed by atoms with van der Waals surface area (Å²) in [5, 5.41) is 0. The maximum atomic E-state index is 13.4. The summed E-state index contributed by atoms with van der Waals surface area (Å²) in [5.41, 5.74) is 4.43. The van der Waals surface area contributed by atoms with Gasteiger partial charge in [0.25, 0.3) is 5.91 Å². The maximum absolute atomic E-state index is 13.4. The lowest BCUT2D eigenvalue weighted by Gasteiger charge is -2.35. The second kappa shape index (κ2) is 11.4. The summed E-state index contributed by atoms with van der Waals surface area (Å²) in [5.74, 6) is 1.19. The van der Waals surface area contributed by atoms with E-state index in [2.05, 4.69) is 19.1 Å². The van der Waals surface area contributed by atoms with Crippen molar-refractivity contribution in [3.05, 3.63) is 41.0 Å². The molecule has 1 unspecified atom stereocenters. The number of aryl methyl sites for hydroxylation is 1. The van der Waals surface area contributed by atoms with Crippen molar-refractivity contribution < 1.29 is 19.1 Å². The summed E-state index contributed by atoms with van der Waals surface area (Å²) in [4.78, 5) is 35.1. The minimum Gasteiger partial charge on any atom is -0.490 e. The average molecular weight is 508 g/mol. The topological polar surface area (TPSA) is 71.4 Å². The lowest BCUT2D eigenvalue weighted by atomic mass is 9.99. The van der Waals surface area contributed by atoms with Gasteiger partial charge in [0.05, 0.1) is 18.2 Å². The molecular weight excluding hydrogens is 466 g/mol. The molecule has 4 aliphatic rings. The molecule has 3 aliphatic heterocycles. The van der Waals surface area contributed by atoms with E-state index in [0.717, 1.165) is 63.8 Å². The molecule has 0 spiro atoms. The lowest BCUT2D eigenvalue weighted by Crippen LogP contribution is -2.50. The summed E-state index contributed by atoms with van der Waals surface area (Å²) >= 11 is 0. The summed E-state index contributed by atoms with van der Waals surface area (Å²) in [6.45, 7) is 8.86. The van der Waals surface area contributed by atoms with E-state index in [9.17, 15) is 9.59 Å². The molecule has 0 N–H and O–H groups in total. The zero-order valence-corrected chi connectivity index (χ0v) is 22.6. The van der Waals surface area contributed by atoms with Gasteiger partial charge in [0, 0.05) is 45.4 Å². The van der Waals surface area contributed by atoms with Crippen LogP contribution in [0.25, 0.3) is 0 Å². The molecule has 3 atom stereocenters. The molecule has 0 radical (unpaired) electrons. The first-order valence-corrected chi connectivity index (χ1v) is 14.1. The van der Waals surface area contributed by atoms with Crippen molar-refractivity contribution in [2.45, 2.75) is 96.5 Å². The van der Waals surface area contributed by atoms with Crippen molar-refractivity contribution in [3.63, 3.8) is 0 Å². The maximum Gasteiger partial charge on any atom is 0.272 e. The van der Waals surface area contributed by atoms with Crippen LogP contribution in [-0.4, -0.2) is 77.9 Å². The van der Waals surface area contributed by atoms with Crippen LogP contribution in [0.4, 0.5) is 0 Å². The fourth-order valence-corrected chi connectivity index (χ4v) is 6.27. The van der Waals surface area contributed by atoms with Crippen molar-refractivity contribution in [1.29, 1.82) is 0 Å². The van der Waals surface area contributed by atoms with Crippen molar-refractivity contribution in [3.8, 4) is 5.75 Å². The van der Waals surface area contributed by atoms with Gasteiger partial charge in [-0.15, -0.1) is 0 Å². The van der Waals surface area contributed by atoms with Gasteiger partial charge >= 0.3 is 0 Å². The summed E-state index contributed by atoms with van der Waals surface area (Å²) in [6, 6.07) is 8.23. The van der Waals surface area contributed by atoms with Gasteiger partial charge in [-0.25, -0.2) is 0 Å². The number of morpholine rings is 1. The number of aliphatic imine (C=N–C) groups is 1. The first kappa shape index (κ1) is 26.0. The van der Waals surface area contributed by atoms with Crippen LogP contribution in [-0.2, 0) is 14.3 Å². The number of carbonyl (C=O) groups excluding carboxylic acids is 2. The summed E-state index contributed by atoms with van der Waals surface area (Å²) in [7, 11) is 0. The van der Waals surface area contributed by atoms with E-state index in [1.54, 1.807) is 0 Å². The monoisotopic (exact) mass is 507 g/mol. The minimum atomic E-state index is 0.0489. The number of piperidine rings is 1. The highest BCUT2D eigenvalue weighted by molar-refractivity contribution is 6.46. The van der Waals surface area contributed by atoms with Gasteiger partial charge in [-0.1, -0.05) is 17.7 Å². The Hall–Kier alpha value is -2.67. The molecule has 7 nitrogen and oxygen atoms in total. The molecule has 37 heavy (non-hydrogen) atoms. The Morgan fingerprint density at radius 3 is 2.43 bits per heavy atom. The zero-order chi connectivity index (χ0) is 25.9.